The molecule has 0 saturated heterocycles. The number of nitrogen functional groups attached to an aromatic ring is 1. The first-order valence-corrected chi connectivity index (χ1v) is 4.06. The first kappa shape index (κ1) is 8.96. The zero-order chi connectivity index (χ0) is 10.1. The highest BCUT2D eigenvalue weighted by Gasteiger charge is 2.20. The van der Waals surface area contributed by atoms with E-state index < -0.39 is 5.82 Å². The average molecular weight is 196 g/mol. The average Bonchev–Trinajstić information content (AvgIpc) is 2.18. The second-order valence-corrected chi connectivity index (χ2v) is 2.93. The molecule has 5 heteroatoms. The Morgan fingerprint density at radius 3 is 3.00 bits per heavy atom. The highest BCUT2D eigenvalue weighted by atomic mass is 19.1. The molecular weight excluding hydrogens is 187 g/mol. The van der Waals surface area contributed by atoms with Crippen LogP contribution in [0.25, 0.3) is 0 Å². The fourth-order valence-corrected chi connectivity index (χ4v) is 1.36. The van der Waals surface area contributed by atoms with E-state index >= 15 is 0 Å². The predicted octanol–water partition coefficient (Wildman–Crippen LogP) is 0.976. The van der Waals surface area contributed by atoms with Crippen LogP contribution in [0.5, 0.6) is 5.75 Å². The number of amidine groups is 1. The summed E-state index contributed by atoms with van der Waals surface area (Å²) in [7, 11) is 0. The van der Waals surface area contributed by atoms with E-state index in [1.165, 1.54) is 12.1 Å². The Labute approximate surface area is 79.9 Å². The smallest absolute Gasteiger partial charge is 0.189 e. The third-order valence-electron chi connectivity index (χ3n) is 2.03. The van der Waals surface area contributed by atoms with E-state index in [0.29, 0.717) is 16.9 Å². The molecule has 0 aromatic heterocycles. The number of halogens is 1. The topological polar surface area (TPSA) is 68.3 Å². The van der Waals surface area contributed by atoms with Crippen LogP contribution < -0.4 is 10.5 Å². The largest absolute Gasteiger partial charge is 0.466 e. The summed E-state index contributed by atoms with van der Waals surface area (Å²) in [5.74, 6) is -0.211. The molecule has 1 aliphatic rings. The fourth-order valence-electron chi connectivity index (χ4n) is 1.36. The lowest BCUT2D eigenvalue weighted by molar-refractivity contribution is -0.0183. The zero-order valence-electron chi connectivity index (χ0n) is 7.34. The number of nitrogens with one attached hydrogen (secondary N) is 1. The van der Waals surface area contributed by atoms with E-state index in [-0.39, 0.29) is 19.2 Å². The number of hydrogen-bond acceptors (Lipinski definition) is 3. The summed E-state index contributed by atoms with van der Waals surface area (Å²) in [6, 6.07) is 2.69. The van der Waals surface area contributed by atoms with Crippen LogP contribution in [0.1, 0.15) is 11.1 Å². The normalized spacial score (nSPS) is 14.4. The van der Waals surface area contributed by atoms with Gasteiger partial charge < -0.3 is 15.2 Å². The maximum atomic E-state index is 13.2. The molecule has 0 bridgehead atoms. The van der Waals surface area contributed by atoms with Crippen LogP contribution in [0, 0.1) is 11.2 Å². The van der Waals surface area contributed by atoms with Gasteiger partial charge in [-0.05, 0) is 12.1 Å². The minimum Gasteiger partial charge on any atom is -0.466 e. The van der Waals surface area contributed by atoms with E-state index in [1.54, 1.807) is 0 Å². The summed E-state index contributed by atoms with van der Waals surface area (Å²) < 4.78 is 23.3. The third-order valence-corrected chi connectivity index (χ3v) is 2.03. The van der Waals surface area contributed by atoms with Crippen LogP contribution in [-0.2, 0) is 11.3 Å². The number of hydrogen-bond donors (Lipinski definition) is 2. The molecule has 1 heterocycles. The number of ether oxygens (including phenoxy) is 2. The van der Waals surface area contributed by atoms with Crippen molar-refractivity contribution in [2.45, 2.75) is 6.61 Å². The van der Waals surface area contributed by atoms with Crippen molar-refractivity contribution in [1.29, 1.82) is 5.41 Å². The van der Waals surface area contributed by atoms with Crippen molar-refractivity contribution in [2.75, 3.05) is 6.79 Å². The summed E-state index contributed by atoms with van der Waals surface area (Å²) in [5, 5.41) is 7.28. The van der Waals surface area contributed by atoms with Crippen molar-refractivity contribution in [1.82, 2.24) is 0 Å². The molecule has 2 rings (SSSR count). The Morgan fingerprint density at radius 2 is 2.29 bits per heavy atom. The molecule has 0 aliphatic carbocycles. The van der Waals surface area contributed by atoms with E-state index in [2.05, 4.69) is 0 Å². The Morgan fingerprint density at radius 1 is 1.50 bits per heavy atom. The van der Waals surface area contributed by atoms with E-state index in [9.17, 15) is 4.39 Å². The predicted molar refractivity (Wildman–Crippen MR) is 47.7 cm³/mol. The Hall–Kier alpha value is -1.62. The van der Waals surface area contributed by atoms with E-state index in [0.717, 1.165) is 0 Å². The van der Waals surface area contributed by atoms with Gasteiger partial charge in [0.2, 0.25) is 0 Å². The zero-order valence-corrected chi connectivity index (χ0v) is 7.34. The first-order valence-electron chi connectivity index (χ1n) is 4.06. The highest BCUT2D eigenvalue weighted by molar-refractivity contribution is 5.98. The molecular formula is C9H9FN2O2. The Balaban J connectivity index is 2.59. The molecule has 1 aliphatic heterocycles. The van der Waals surface area contributed by atoms with Crippen LogP contribution in [-0.4, -0.2) is 12.6 Å². The summed E-state index contributed by atoms with van der Waals surface area (Å²) >= 11 is 0. The molecule has 14 heavy (non-hydrogen) atoms. The lowest BCUT2D eigenvalue weighted by atomic mass is 10.1. The molecule has 0 spiro atoms. The lowest BCUT2D eigenvalue weighted by Crippen LogP contribution is -2.19. The van der Waals surface area contributed by atoms with Gasteiger partial charge in [0.15, 0.2) is 6.79 Å². The van der Waals surface area contributed by atoms with Gasteiger partial charge in [0, 0.05) is 0 Å². The van der Waals surface area contributed by atoms with E-state index in [4.69, 9.17) is 20.6 Å². The third kappa shape index (κ3) is 1.31. The lowest BCUT2D eigenvalue weighted by Gasteiger charge is -2.20. The van der Waals surface area contributed by atoms with E-state index in [1.807, 2.05) is 0 Å². The van der Waals surface area contributed by atoms with Crippen molar-refractivity contribution in [3.8, 4) is 5.75 Å². The van der Waals surface area contributed by atoms with Gasteiger partial charge in [-0.1, -0.05) is 0 Å². The molecule has 0 unspecified atom stereocenters. The van der Waals surface area contributed by atoms with Crippen molar-refractivity contribution >= 4 is 5.84 Å². The summed E-state index contributed by atoms with van der Waals surface area (Å²) in [5.41, 5.74) is 6.06. The van der Waals surface area contributed by atoms with Gasteiger partial charge in [-0.2, -0.15) is 0 Å². The van der Waals surface area contributed by atoms with Crippen LogP contribution in [0.2, 0.25) is 0 Å². The fraction of sp³-hybridized carbons (Fsp3) is 0.222. The second kappa shape index (κ2) is 3.26. The summed E-state index contributed by atoms with van der Waals surface area (Å²) in [6.07, 6.45) is 0. The van der Waals surface area contributed by atoms with Gasteiger partial charge in [0.05, 0.1) is 17.7 Å². The number of fused-ring (bicyclic) bond motifs is 1. The van der Waals surface area contributed by atoms with Crippen molar-refractivity contribution < 1.29 is 13.9 Å². The van der Waals surface area contributed by atoms with Gasteiger partial charge in [-0.25, -0.2) is 4.39 Å². The second-order valence-electron chi connectivity index (χ2n) is 2.93. The molecule has 74 valence electrons. The van der Waals surface area contributed by atoms with Crippen LogP contribution in [0.4, 0.5) is 4.39 Å². The number of rotatable bonds is 1. The molecule has 0 saturated carbocycles. The Bertz CT molecular complexity index is 393. The molecule has 1 aromatic carbocycles. The van der Waals surface area contributed by atoms with Crippen molar-refractivity contribution in [2.24, 2.45) is 5.73 Å². The SMILES string of the molecule is N=C(N)c1ccc(F)c2c1OCOC2. The van der Waals surface area contributed by atoms with Crippen molar-refractivity contribution in [3.63, 3.8) is 0 Å². The maximum absolute atomic E-state index is 13.2. The van der Waals surface area contributed by atoms with Crippen molar-refractivity contribution in [3.05, 3.63) is 29.1 Å². The molecule has 0 radical (unpaired) electrons. The molecule has 0 amide bonds. The Kier molecular flexibility index (Phi) is 2.09. The quantitative estimate of drug-likeness (QED) is 0.519. The molecule has 1 aromatic rings. The van der Waals surface area contributed by atoms with Gasteiger partial charge in [0.1, 0.15) is 17.4 Å². The summed E-state index contributed by atoms with van der Waals surface area (Å²) in [6.45, 7) is 0.221. The summed E-state index contributed by atoms with van der Waals surface area (Å²) in [4.78, 5) is 0. The van der Waals surface area contributed by atoms with Gasteiger partial charge >= 0.3 is 0 Å². The monoisotopic (exact) mass is 196 g/mol. The molecule has 0 atom stereocenters. The standard InChI is InChI=1S/C9H9FN2O2/c10-7-2-1-5(9(11)12)8-6(7)3-13-4-14-8/h1-2H,3-4H2,(H3,11,12). The minimum absolute atomic E-state index is 0.0662. The van der Waals surface area contributed by atoms with Gasteiger partial charge in [-0.15, -0.1) is 0 Å². The van der Waals surface area contributed by atoms with Gasteiger partial charge in [-0.3, -0.25) is 5.41 Å². The molecule has 0 fully saturated rings. The van der Waals surface area contributed by atoms with Crippen LogP contribution >= 0.6 is 0 Å². The van der Waals surface area contributed by atoms with Crippen LogP contribution in [0.3, 0.4) is 0 Å². The molecule has 3 N–H and O–H groups in total. The number of benzene rings is 1. The number of nitrogens with two attached hydrogens (primary N) is 1. The first-order chi connectivity index (χ1) is 6.70. The minimum atomic E-state index is -0.398. The molecule has 4 nitrogen and oxygen atoms in total. The van der Waals surface area contributed by atoms with Gasteiger partial charge in [0.25, 0.3) is 0 Å². The van der Waals surface area contributed by atoms with Crippen LogP contribution in [0.15, 0.2) is 12.1 Å². The maximum Gasteiger partial charge on any atom is 0.189 e. The highest BCUT2D eigenvalue weighted by Crippen LogP contribution is 2.29.